The van der Waals surface area contributed by atoms with Gasteiger partial charge in [0, 0.05) is 0 Å². The molecule has 1 aliphatic rings. The second-order valence-electron chi connectivity index (χ2n) is 4.68. The molecule has 0 heterocycles. The zero-order chi connectivity index (χ0) is 13.8. The van der Waals surface area contributed by atoms with Crippen molar-refractivity contribution < 1.29 is 29.3 Å². The van der Waals surface area contributed by atoms with Crippen molar-refractivity contribution in [2.45, 2.75) is 39.0 Å². The van der Waals surface area contributed by atoms with Crippen LogP contribution in [0, 0.1) is 11.3 Å². The van der Waals surface area contributed by atoms with E-state index in [9.17, 15) is 24.6 Å². The van der Waals surface area contributed by atoms with Crippen molar-refractivity contribution in [1.82, 2.24) is 0 Å². The summed E-state index contributed by atoms with van der Waals surface area (Å²) in [6.45, 7) is 1.70. The molecule has 0 bridgehead atoms. The van der Waals surface area contributed by atoms with Gasteiger partial charge >= 0.3 is 17.9 Å². The second-order valence-corrected chi connectivity index (χ2v) is 4.68. The highest BCUT2D eigenvalue weighted by atomic mass is 16.5. The van der Waals surface area contributed by atoms with Crippen LogP contribution < -0.4 is 0 Å². The van der Waals surface area contributed by atoms with Gasteiger partial charge in [-0.25, -0.2) is 0 Å². The molecule has 0 aromatic carbocycles. The quantitative estimate of drug-likeness (QED) is 0.527. The van der Waals surface area contributed by atoms with Crippen molar-refractivity contribution in [3.8, 4) is 0 Å². The number of hydrogen-bond acceptors (Lipinski definition) is 4. The Labute approximate surface area is 105 Å². The Morgan fingerprint density at radius 2 is 1.78 bits per heavy atom. The monoisotopic (exact) mass is 258 g/mol. The smallest absolute Gasteiger partial charge is 0.321 e. The largest absolute Gasteiger partial charge is 0.480 e. The van der Waals surface area contributed by atoms with Gasteiger partial charge in [0.2, 0.25) is 0 Å². The number of esters is 1. The first kappa shape index (κ1) is 14.5. The van der Waals surface area contributed by atoms with E-state index < -0.39 is 29.7 Å². The molecule has 0 spiro atoms. The van der Waals surface area contributed by atoms with Gasteiger partial charge in [-0.15, -0.1) is 0 Å². The summed E-state index contributed by atoms with van der Waals surface area (Å²) < 4.78 is 4.67. The van der Waals surface area contributed by atoms with Gasteiger partial charge in [0.15, 0.2) is 5.41 Å². The lowest BCUT2D eigenvalue weighted by molar-refractivity contribution is -0.172. The van der Waals surface area contributed by atoms with Gasteiger partial charge in [-0.1, -0.05) is 19.3 Å². The van der Waals surface area contributed by atoms with Crippen molar-refractivity contribution in [2.24, 2.45) is 11.3 Å². The highest BCUT2D eigenvalue weighted by Crippen LogP contribution is 2.40. The van der Waals surface area contributed by atoms with Crippen molar-refractivity contribution in [1.29, 1.82) is 0 Å². The molecule has 0 aliphatic heterocycles. The molecule has 0 amide bonds. The first-order valence-corrected chi connectivity index (χ1v) is 6.04. The van der Waals surface area contributed by atoms with E-state index in [4.69, 9.17) is 0 Å². The lowest BCUT2D eigenvalue weighted by atomic mass is 9.70. The number of rotatable bonds is 7. The van der Waals surface area contributed by atoms with E-state index in [1.54, 1.807) is 6.92 Å². The van der Waals surface area contributed by atoms with E-state index in [0.29, 0.717) is 0 Å². The Morgan fingerprint density at radius 3 is 2.11 bits per heavy atom. The van der Waals surface area contributed by atoms with Gasteiger partial charge < -0.3 is 14.9 Å². The van der Waals surface area contributed by atoms with Gasteiger partial charge in [0.05, 0.1) is 13.0 Å². The number of carboxylic acids is 2. The molecule has 0 saturated heterocycles. The molecule has 1 fully saturated rings. The Bertz CT molecular complexity index is 330. The molecule has 1 aliphatic carbocycles. The predicted octanol–water partition coefficient (Wildman–Crippen LogP) is 1.29. The van der Waals surface area contributed by atoms with E-state index >= 15 is 0 Å². The summed E-state index contributed by atoms with van der Waals surface area (Å²) in [6.07, 6.45) is 2.02. The topological polar surface area (TPSA) is 101 Å². The van der Waals surface area contributed by atoms with Crippen LogP contribution in [0.1, 0.15) is 39.0 Å². The fourth-order valence-corrected chi connectivity index (χ4v) is 2.14. The average Bonchev–Trinajstić information content (AvgIpc) is 2.21. The molecule has 2 N–H and O–H groups in total. The van der Waals surface area contributed by atoms with Crippen molar-refractivity contribution in [3.05, 3.63) is 0 Å². The number of carbonyl (C=O) groups is 3. The molecular formula is C12H18O6. The second kappa shape index (κ2) is 5.84. The summed E-state index contributed by atoms with van der Waals surface area (Å²) in [5.41, 5.74) is -2.04. The van der Waals surface area contributed by atoms with Crippen LogP contribution in [0.25, 0.3) is 0 Å². The summed E-state index contributed by atoms with van der Waals surface area (Å²) in [4.78, 5) is 34.0. The first-order chi connectivity index (χ1) is 8.42. The molecule has 18 heavy (non-hydrogen) atoms. The van der Waals surface area contributed by atoms with Crippen LogP contribution in [0.3, 0.4) is 0 Å². The van der Waals surface area contributed by atoms with Crippen molar-refractivity contribution in [3.63, 3.8) is 0 Å². The number of hydrogen-bond donors (Lipinski definition) is 2. The van der Waals surface area contributed by atoms with Crippen LogP contribution in [0.4, 0.5) is 0 Å². The van der Waals surface area contributed by atoms with E-state index in [1.807, 2.05) is 0 Å². The van der Waals surface area contributed by atoms with Gasteiger partial charge in [-0.05, 0) is 19.3 Å². The number of aliphatic carboxylic acids is 2. The molecule has 0 unspecified atom stereocenters. The van der Waals surface area contributed by atoms with Crippen LogP contribution in [0.5, 0.6) is 0 Å². The molecule has 0 aromatic heterocycles. The zero-order valence-electron chi connectivity index (χ0n) is 10.3. The molecule has 102 valence electrons. The van der Waals surface area contributed by atoms with Crippen LogP contribution in [-0.4, -0.2) is 34.7 Å². The molecule has 6 heteroatoms. The van der Waals surface area contributed by atoms with Crippen LogP contribution in [0.2, 0.25) is 0 Å². The maximum Gasteiger partial charge on any atom is 0.321 e. The van der Waals surface area contributed by atoms with E-state index in [1.165, 1.54) is 0 Å². The lowest BCUT2D eigenvalue weighted by Gasteiger charge is -2.33. The maximum atomic E-state index is 11.4. The fraction of sp³-hybridized carbons (Fsp3) is 0.750. The summed E-state index contributed by atoms with van der Waals surface area (Å²) in [6, 6.07) is 0. The summed E-state index contributed by atoms with van der Waals surface area (Å²) >= 11 is 0. The average molecular weight is 258 g/mol. The van der Waals surface area contributed by atoms with E-state index in [-0.39, 0.29) is 18.9 Å². The number of carboxylic acid groups (broad SMARTS) is 2. The summed E-state index contributed by atoms with van der Waals surface area (Å²) in [7, 11) is 0. The highest BCUT2D eigenvalue weighted by molar-refractivity contribution is 6.01. The SMILES string of the molecule is CCOC(=O)CC(CC1CCC1)(C(=O)O)C(=O)O. The molecule has 0 radical (unpaired) electrons. The Kier molecular flexibility index (Phi) is 4.69. The van der Waals surface area contributed by atoms with Gasteiger partial charge in [0.1, 0.15) is 0 Å². The maximum absolute atomic E-state index is 11.4. The van der Waals surface area contributed by atoms with Crippen LogP contribution >= 0.6 is 0 Å². The third-order valence-electron chi connectivity index (χ3n) is 3.43. The third kappa shape index (κ3) is 3.00. The number of carbonyl (C=O) groups excluding carboxylic acids is 1. The van der Waals surface area contributed by atoms with Gasteiger partial charge in [-0.3, -0.25) is 14.4 Å². The Balaban J connectivity index is 2.85. The van der Waals surface area contributed by atoms with Crippen molar-refractivity contribution >= 4 is 17.9 Å². The van der Waals surface area contributed by atoms with Gasteiger partial charge in [0.25, 0.3) is 0 Å². The standard InChI is InChI=1S/C12H18O6/c1-2-18-9(13)7-12(10(14)15,11(16)17)6-8-4-3-5-8/h8H,2-7H2,1H3,(H,14,15)(H,16,17). The molecule has 6 nitrogen and oxygen atoms in total. The predicted molar refractivity (Wildman–Crippen MR) is 60.9 cm³/mol. The molecule has 1 saturated carbocycles. The minimum absolute atomic E-state index is 0.00349. The van der Waals surface area contributed by atoms with Crippen LogP contribution in [-0.2, 0) is 19.1 Å². The lowest BCUT2D eigenvalue weighted by Crippen LogP contribution is -2.44. The number of ether oxygens (including phenoxy) is 1. The molecule has 0 atom stereocenters. The summed E-state index contributed by atoms with van der Waals surface area (Å²) in [5.74, 6) is -3.63. The van der Waals surface area contributed by atoms with Crippen molar-refractivity contribution in [2.75, 3.05) is 6.61 Å². The van der Waals surface area contributed by atoms with E-state index in [0.717, 1.165) is 19.3 Å². The zero-order valence-corrected chi connectivity index (χ0v) is 10.3. The minimum Gasteiger partial charge on any atom is -0.480 e. The molecule has 0 aromatic rings. The molecule has 1 rings (SSSR count). The third-order valence-corrected chi connectivity index (χ3v) is 3.43. The normalized spacial score (nSPS) is 15.8. The minimum atomic E-state index is -2.04. The van der Waals surface area contributed by atoms with E-state index in [2.05, 4.69) is 4.74 Å². The fourth-order valence-electron chi connectivity index (χ4n) is 2.14. The molecular weight excluding hydrogens is 240 g/mol. The Hall–Kier alpha value is -1.59. The summed E-state index contributed by atoms with van der Waals surface area (Å²) in [5, 5.41) is 18.4. The van der Waals surface area contributed by atoms with Crippen LogP contribution in [0.15, 0.2) is 0 Å². The Morgan fingerprint density at radius 1 is 1.22 bits per heavy atom. The first-order valence-electron chi connectivity index (χ1n) is 6.04. The van der Waals surface area contributed by atoms with Gasteiger partial charge in [-0.2, -0.15) is 0 Å². The highest BCUT2D eigenvalue weighted by Gasteiger charge is 2.50.